The molecule has 2 aromatic rings. The standard InChI is InChI=1S/C12H16N6O2S/c13-10-9(21-12(18-10)17-7-2-1-3-7)11(19)14-5-4-8-15-6-16-20-8/h6-7H,1-5,13H2,(H,14,19)(H,17,18). The van der Waals surface area contributed by atoms with Gasteiger partial charge < -0.3 is 20.9 Å². The number of thiazole rings is 1. The minimum Gasteiger partial charge on any atom is -0.382 e. The molecular weight excluding hydrogens is 292 g/mol. The molecule has 112 valence electrons. The topological polar surface area (TPSA) is 119 Å². The van der Waals surface area contributed by atoms with Crippen molar-refractivity contribution in [3.8, 4) is 0 Å². The maximum Gasteiger partial charge on any atom is 0.265 e. The van der Waals surface area contributed by atoms with E-state index in [4.69, 9.17) is 10.3 Å². The second kappa shape index (κ2) is 6.08. The number of hydrogen-bond acceptors (Lipinski definition) is 8. The molecule has 8 nitrogen and oxygen atoms in total. The highest BCUT2D eigenvalue weighted by molar-refractivity contribution is 7.18. The number of carbonyl (C=O) groups is 1. The van der Waals surface area contributed by atoms with Gasteiger partial charge in [0.05, 0.1) is 0 Å². The summed E-state index contributed by atoms with van der Waals surface area (Å²) in [5.41, 5.74) is 5.80. The number of anilines is 2. The maximum absolute atomic E-state index is 12.1. The average Bonchev–Trinajstić information content (AvgIpc) is 3.03. The zero-order chi connectivity index (χ0) is 14.7. The number of nitrogen functional groups attached to an aromatic ring is 1. The molecule has 1 aliphatic carbocycles. The van der Waals surface area contributed by atoms with Crippen LogP contribution >= 0.6 is 11.3 Å². The van der Waals surface area contributed by atoms with Crippen LogP contribution in [0.2, 0.25) is 0 Å². The molecule has 1 aliphatic rings. The quantitative estimate of drug-likeness (QED) is 0.729. The lowest BCUT2D eigenvalue weighted by Gasteiger charge is -2.25. The van der Waals surface area contributed by atoms with E-state index in [1.54, 1.807) is 0 Å². The maximum atomic E-state index is 12.1. The van der Waals surface area contributed by atoms with Gasteiger partial charge in [-0.25, -0.2) is 4.98 Å². The highest BCUT2D eigenvalue weighted by Gasteiger charge is 2.21. The number of rotatable bonds is 6. The third-order valence-corrected chi connectivity index (χ3v) is 4.32. The van der Waals surface area contributed by atoms with Crippen molar-refractivity contribution in [3.05, 3.63) is 17.1 Å². The summed E-state index contributed by atoms with van der Waals surface area (Å²) in [5.74, 6) is 0.517. The van der Waals surface area contributed by atoms with E-state index in [2.05, 4.69) is 25.8 Å². The Morgan fingerprint density at radius 2 is 2.38 bits per heavy atom. The Bertz CT molecular complexity index is 607. The molecular formula is C12H16N6O2S. The Morgan fingerprint density at radius 3 is 3.05 bits per heavy atom. The lowest BCUT2D eigenvalue weighted by molar-refractivity contribution is 0.0958. The Balaban J connectivity index is 1.53. The van der Waals surface area contributed by atoms with Gasteiger partial charge in [-0.2, -0.15) is 4.98 Å². The number of nitrogens with zero attached hydrogens (tertiary/aromatic N) is 3. The molecule has 0 unspecified atom stereocenters. The molecule has 1 fully saturated rings. The van der Waals surface area contributed by atoms with E-state index in [-0.39, 0.29) is 11.7 Å². The molecule has 4 N–H and O–H groups in total. The zero-order valence-electron chi connectivity index (χ0n) is 11.3. The first kappa shape index (κ1) is 13.8. The second-order valence-electron chi connectivity index (χ2n) is 4.85. The van der Waals surface area contributed by atoms with Gasteiger partial charge >= 0.3 is 0 Å². The number of nitrogens with one attached hydrogen (secondary N) is 2. The lowest BCUT2D eigenvalue weighted by Crippen LogP contribution is -2.26. The summed E-state index contributed by atoms with van der Waals surface area (Å²) in [6, 6.07) is 0.462. The van der Waals surface area contributed by atoms with Gasteiger partial charge in [0.25, 0.3) is 5.91 Å². The molecule has 0 spiro atoms. The SMILES string of the molecule is Nc1nc(NC2CCC2)sc1C(=O)NCCc1ncno1. The molecule has 9 heteroatoms. The monoisotopic (exact) mass is 308 g/mol. The van der Waals surface area contributed by atoms with Gasteiger partial charge in [0, 0.05) is 19.0 Å². The summed E-state index contributed by atoms with van der Waals surface area (Å²) >= 11 is 1.28. The molecule has 2 aromatic heterocycles. The summed E-state index contributed by atoms with van der Waals surface area (Å²) < 4.78 is 4.85. The summed E-state index contributed by atoms with van der Waals surface area (Å²) in [4.78, 5) is 20.6. The van der Waals surface area contributed by atoms with Crippen LogP contribution in [0.5, 0.6) is 0 Å². The van der Waals surface area contributed by atoms with Gasteiger partial charge in [0.15, 0.2) is 11.5 Å². The summed E-state index contributed by atoms with van der Waals surface area (Å²) in [6.07, 6.45) is 5.34. The van der Waals surface area contributed by atoms with Crippen LogP contribution in [-0.4, -0.2) is 33.6 Å². The van der Waals surface area contributed by atoms with E-state index in [0.717, 1.165) is 12.8 Å². The fourth-order valence-corrected chi connectivity index (χ4v) is 2.83. The third kappa shape index (κ3) is 3.30. The molecule has 3 rings (SSSR count). The van der Waals surface area contributed by atoms with E-state index < -0.39 is 0 Å². The highest BCUT2D eigenvalue weighted by atomic mass is 32.1. The van der Waals surface area contributed by atoms with E-state index >= 15 is 0 Å². The van der Waals surface area contributed by atoms with Gasteiger partial charge in [-0.1, -0.05) is 16.5 Å². The fraction of sp³-hybridized carbons (Fsp3) is 0.500. The smallest absolute Gasteiger partial charge is 0.265 e. The molecule has 1 amide bonds. The van der Waals surface area contributed by atoms with Crippen LogP contribution in [0.3, 0.4) is 0 Å². The highest BCUT2D eigenvalue weighted by Crippen LogP contribution is 2.29. The van der Waals surface area contributed by atoms with E-state index in [9.17, 15) is 4.79 Å². The van der Waals surface area contributed by atoms with Gasteiger partial charge in [-0.3, -0.25) is 4.79 Å². The molecule has 0 radical (unpaired) electrons. The molecule has 0 atom stereocenters. The summed E-state index contributed by atoms with van der Waals surface area (Å²) in [5, 5.41) is 10.3. The molecule has 0 saturated heterocycles. The number of hydrogen-bond donors (Lipinski definition) is 3. The first-order valence-electron chi connectivity index (χ1n) is 6.79. The zero-order valence-corrected chi connectivity index (χ0v) is 12.2. The van der Waals surface area contributed by atoms with E-state index in [0.29, 0.717) is 34.9 Å². The summed E-state index contributed by atoms with van der Waals surface area (Å²) in [6.45, 7) is 0.407. The van der Waals surface area contributed by atoms with Gasteiger partial charge in [-0.15, -0.1) is 0 Å². The van der Waals surface area contributed by atoms with Crippen LogP contribution in [0.4, 0.5) is 10.9 Å². The molecule has 0 aromatic carbocycles. The predicted molar refractivity (Wildman–Crippen MR) is 78.1 cm³/mol. The van der Waals surface area contributed by atoms with Crippen LogP contribution in [0.1, 0.15) is 34.8 Å². The van der Waals surface area contributed by atoms with Crippen LogP contribution in [0.15, 0.2) is 10.9 Å². The normalized spacial score (nSPS) is 14.7. The molecule has 2 heterocycles. The van der Waals surface area contributed by atoms with Crippen molar-refractivity contribution in [2.45, 2.75) is 31.7 Å². The summed E-state index contributed by atoms with van der Waals surface area (Å²) in [7, 11) is 0. The van der Waals surface area contributed by atoms with Gasteiger partial charge in [0.2, 0.25) is 5.89 Å². The largest absolute Gasteiger partial charge is 0.382 e. The molecule has 0 bridgehead atoms. The first-order chi connectivity index (χ1) is 10.2. The van der Waals surface area contributed by atoms with Crippen molar-refractivity contribution in [1.29, 1.82) is 0 Å². The molecule has 1 saturated carbocycles. The molecule has 21 heavy (non-hydrogen) atoms. The Hall–Kier alpha value is -2.16. The van der Waals surface area contributed by atoms with Crippen LogP contribution in [-0.2, 0) is 6.42 Å². The Kier molecular flexibility index (Phi) is 4.00. The van der Waals surface area contributed by atoms with Crippen molar-refractivity contribution in [1.82, 2.24) is 20.4 Å². The number of nitrogens with two attached hydrogens (primary N) is 1. The number of carbonyl (C=O) groups excluding carboxylic acids is 1. The van der Waals surface area contributed by atoms with Gasteiger partial charge in [0.1, 0.15) is 10.7 Å². The van der Waals surface area contributed by atoms with Gasteiger partial charge in [-0.05, 0) is 19.3 Å². The second-order valence-corrected chi connectivity index (χ2v) is 5.85. The third-order valence-electron chi connectivity index (χ3n) is 3.32. The van der Waals surface area contributed by atoms with Crippen LogP contribution in [0, 0.1) is 0 Å². The van der Waals surface area contributed by atoms with Crippen molar-refractivity contribution in [3.63, 3.8) is 0 Å². The number of amides is 1. The Morgan fingerprint density at radius 1 is 1.52 bits per heavy atom. The fourth-order valence-electron chi connectivity index (χ4n) is 1.95. The van der Waals surface area contributed by atoms with Crippen molar-refractivity contribution in [2.75, 3.05) is 17.6 Å². The Labute approximate surface area is 125 Å². The predicted octanol–water partition coefficient (Wildman–Crippen LogP) is 1.05. The van der Waals surface area contributed by atoms with E-state index in [1.807, 2.05) is 0 Å². The van der Waals surface area contributed by atoms with Crippen molar-refractivity contribution < 1.29 is 9.32 Å². The lowest BCUT2D eigenvalue weighted by atomic mass is 9.93. The number of aromatic nitrogens is 3. The minimum atomic E-state index is -0.230. The van der Waals surface area contributed by atoms with Crippen LogP contribution < -0.4 is 16.4 Å². The van der Waals surface area contributed by atoms with Crippen molar-refractivity contribution in [2.24, 2.45) is 0 Å². The average molecular weight is 308 g/mol. The molecule has 0 aliphatic heterocycles. The first-order valence-corrected chi connectivity index (χ1v) is 7.60. The van der Waals surface area contributed by atoms with E-state index in [1.165, 1.54) is 24.1 Å². The van der Waals surface area contributed by atoms with Crippen LogP contribution in [0.25, 0.3) is 0 Å². The van der Waals surface area contributed by atoms with Crippen molar-refractivity contribution >= 4 is 28.2 Å². The minimum absolute atomic E-state index is 0.230.